The van der Waals surface area contributed by atoms with Crippen LogP contribution >= 0.6 is 0 Å². The molecule has 5 heteroatoms. The molecular formula is C15H24N2O3. The molecule has 0 aliphatic carbocycles. The summed E-state index contributed by atoms with van der Waals surface area (Å²) in [7, 11) is 3.26. The number of ether oxygens (including phenoxy) is 2. The van der Waals surface area contributed by atoms with Crippen LogP contribution in [0.2, 0.25) is 0 Å². The molecule has 1 saturated heterocycles. The standard InChI is InChI=1S/C15H24N2O3/c1-19-14-5-4-12(10-15(14)20-2)13(11-18)17-8-3-6-16-7-9-17/h4-5,10,13,16,18H,3,6-9,11H2,1-2H3. The van der Waals surface area contributed by atoms with Crippen LogP contribution in [0.15, 0.2) is 18.2 Å². The van der Waals surface area contributed by atoms with Crippen LogP contribution in [0.4, 0.5) is 0 Å². The Balaban J connectivity index is 2.21. The van der Waals surface area contributed by atoms with Crippen molar-refractivity contribution in [2.45, 2.75) is 12.5 Å². The van der Waals surface area contributed by atoms with Crippen LogP contribution in [0.25, 0.3) is 0 Å². The van der Waals surface area contributed by atoms with Crippen LogP contribution in [-0.4, -0.2) is 57.0 Å². The Morgan fingerprint density at radius 2 is 2.00 bits per heavy atom. The fraction of sp³-hybridized carbons (Fsp3) is 0.600. The number of rotatable bonds is 5. The molecule has 0 saturated carbocycles. The lowest BCUT2D eigenvalue weighted by Gasteiger charge is -2.29. The normalized spacial score (nSPS) is 18.4. The summed E-state index contributed by atoms with van der Waals surface area (Å²) in [5, 5.41) is 13.2. The molecule has 0 amide bonds. The van der Waals surface area contributed by atoms with Crippen LogP contribution in [-0.2, 0) is 0 Å². The lowest BCUT2D eigenvalue weighted by Crippen LogP contribution is -2.34. The maximum atomic E-state index is 9.78. The first kappa shape index (κ1) is 15.1. The van der Waals surface area contributed by atoms with Gasteiger partial charge in [0.2, 0.25) is 0 Å². The summed E-state index contributed by atoms with van der Waals surface area (Å²) in [5.74, 6) is 1.42. The highest BCUT2D eigenvalue weighted by Gasteiger charge is 2.21. The summed E-state index contributed by atoms with van der Waals surface area (Å²) in [5.41, 5.74) is 1.06. The number of methoxy groups -OCH3 is 2. The highest BCUT2D eigenvalue weighted by Crippen LogP contribution is 2.31. The van der Waals surface area contributed by atoms with Gasteiger partial charge in [-0.3, -0.25) is 4.90 Å². The third-order valence-electron chi connectivity index (χ3n) is 3.78. The smallest absolute Gasteiger partial charge is 0.161 e. The van der Waals surface area contributed by atoms with Gasteiger partial charge in [0.1, 0.15) is 0 Å². The van der Waals surface area contributed by atoms with Crippen LogP contribution < -0.4 is 14.8 Å². The summed E-state index contributed by atoms with van der Waals surface area (Å²) in [6, 6.07) is 5.86. The molecule has 1 aromatic carbocycles. The van der Waals surface area contributed by atoms with E-state index in [4.69, 9.17) is 9.47 Å². The first-order valence-electron chi connectivity index (χ1n) is 7.07. The van der Waals surface area contributed by atoms with Crippen LogP contribution in [0.1, 0.15) is 18.0 Å². The highest BCUT2D eigenvalue weighted by molar-refractivity contribution is 5.43. The van der Waals surface area contributed by atoms with Crippen molar-refractivity contribution in [2.24, 2.45) is 0 Å². The number of hydrogen-bond donors (Lipinski definition) is 2. The Bertz CT molecular complexity index is 418. The van der Waals surface area contributed by atoms with E-state index in [0.717, 1.165) is 38.2 Å². The minimum Gasteiger partial charge on any atom is -0.493 e. The molecule has 5 nitrogen and oxygen atoms in total. The fourth-order valence-electron chi connectivity index (χ4n) is 2.67. The van der Waals surface area contributed by atoms with Crippen molar-refractivity contribution >= 4 is 0 Å². The molecule has 112 valence electrons. The Labute approximate surface area is 120 Å². The zero-order chi connectivity index (χ0) is 14.4. The van der Waals surface area contributed by atoms with Crippen LogP contribution in [0.3, 0.4) is 0 Å². The summed E-state index contributed by atoms with van der Waals surface area (Å²) < 4.78 is 10.6. The van der Waals surface area contributed by atoms with E-state index < -0.39 is 0 Å². The Kier molecular flexibility index (Phi) is 5.64. The number of nitrogens with one attached hydrogen (secondary N) is 1. The van der Waals surface area contributed by atoms with Crippen molar-refractivity contribution in [3.8, 4) is 11.5 Å². The number of hydrogen-bond acceptors (Lipinski definition) is 5. The van der Waals surface area contributed by atoms with Gasteiger partial charge in [-0.15, -0.1) is 0 Å². The van der Waals surface area contributed by atoms with E-state index in [1.165, 1.54) is 0 Å². The monoisotopic (exact) mass is 280 g/mol. The van der Waals surface area contributed by atoms with Gasteiger partial charge in [-0.05, 0) is 30.7 Å². The SMILES string of the molecule is COc1ccc(C(CO)N2CCCNCC2)cc1OC. The molecule has 0 radical (unpaired) electrons. The molecule has 1 aliphatic heterocycles. The van der Waals surface area contributed by atoms with Crippen molar-refractivity contribution < 1.29 is 14.6 Å². The third-order valence-corrected chi connectivity index (χ3v) is 3.78. The van der Waals surface area contributed by atoms with Gasteiger partial charge >= 0.3 is 0 Å². The number of aliphatic hydroxyl groups excluding tert-OH is 1. The molecule has 1 fully saturated rings. The fourth-order valence-corrected chi connectivity index (χ4v) is 2.67. The second-order valence-corrected chi connectivity index (χ2v) is 4.95. The van der Waals surface area contributed by atoms with Gasteiger partial charge < -0.3 is 19.9 Å². The Hall–Kier alpha value is -1.30. The molecule has 0 bridgehead atoms. The zero-order valence-corrected chi connectivity index (χ0v) is 12.3. The minimum absolute atomic E-state index is 0.00899. The molecule has 2 rings (SSSR count). The molecule has 20 heavy (non-hydrogen) atoms. The van der Waals surface area contributed by atoms with E-state index >= 15 is 0 Å². The van der Waals surface area contributed by atoms with E-state index in [1.807, 2.05) is 18.2 Å². The predicted molar refractivity (Wildman–Crippen MR) is 78.4 cm³/mol. The second-order valence-electron chi connectivity index (χ2n) is 4.95. The van der Waals surface area contributed by atoms with E-state index in [0.29, 0.717) is 11.5 Å². The van der Waals surface area contributed by atoms with E-state index in [-0.39, 0.29) is 12.6 Å². The number of benzene rings is 1. The number of nitrogens with zero attached hydrogens (tertiary/aromatic N) is 1. The van der Waals surface area contributed by atoms with E-state index in [9.17, 15) is 5.11 Å². The van der Waals surface area contributed by atoms with Crippen molar-refractivity contribution in [3.05, 3.63) is 23.8 Å². The predicted octanol–water partition coefficient (Wildman–Crippen LogP) is 1.03. The first-order chi connectivity index (χ1) is 9.80. The second kappa shape index (κ2) is 7.47. The van der Waals surface area contributed by atoms with E-state index in [2.05, 4.69) is 10.2 Å². The maximum absolute atomic E-state index is 9.78. The minimum atomic E-state index is 0.00899. The van der Waals surface area contributed by atoms with Crippen molar-refractivity contribution in [3.63, 3.8) is 0 Å². The van der Waals surface area contributed by atoms with Gasteiger partial charge in [0.05, 0.1) is 26.9 Å². The summed E-state index contributed by atoms with van der Waals surface area (Å²) in [6.45, 7) is 4.05. The average molecular weight is 280 g/mol. The lowest BCUT2D eigenvalue weighted by molar-refractivity contribution is 0.129. The summed E-state index contributed by atoms with van der Waals surface area (Å²) >= 11 is 0. The van der Waals surface area contributed by atoms with Crippen LogP contribution in [0, 0.1) is 0 Å². The molecule has 1 heterocycles. The van der Waals surface area contributed by atoms with Crippen molar-refractivity contribution in [1.29, 1.82) is 0 Å². The van der Waals surface area contributed by atoms with Gasteiger partial charge in [0.25, 0.3) is 0 Å². The molecule has 1 aliphatic rings. The van der Waals surface area contributed by atoms with Gasteiger partial charge in [-0.25, -0.2) is 0 Å². The molecular weight excluding hydrogens is 256 g/mol. The Morgan fingerprint density at radius 3 is 2.70 bits per heavy atom. The summed E-state index contributed by atoms with van der Waals surface area (Å²) in [4.78, 5) is 2.32. The topological polar surface area (TPSA) is 54.0 Å². The molecule has 1 aromatic rings. The van der Waals surface area contributed by atoms with Gasteiger partial charge in [0.15, 0.2) is 11.5 Å². The average Bonchev–Trinajstić information content (AvgIpc) is 2.77. The van der Waals surface area contributed by atoms with Gasteiger partial charge in [0, 0.05) is 19.6 Å². The Morgan fingerprint density at radius 1 is 1.20 bits per heavy atom. The zero-order valence-electron chi connectivity index (χ0n) is 12.3. The number of aliphatic hydroxyl groups is 1. The molecule has 1 unspecified atom stereocenters. The molecule has 0 aromatic heterocycles. The maximum Gasteiger partial charge on any atom is 0.161 e. The molecule has 1 atom stereocenters. The lowest BCUT2D eigenvalue weighted by atomic mass is 10.0. The van der Waals surface area contributed by atoms with Crippen LogP contribution in [0.5, 0.6) is 11.5 Å². The van der Waals surface area contributed by atoms with Gasteiger partial charge in [-0.2, -0.15) is 0 Å². The largest absolute Gasteiger partial charge is 0.493 e. The quantitative estimate of drug-likeness (QED) is 0.844. The van der Waals surface area contributed by atoms with E-state index in [1.54, 1.807) is 14.2 Å². The van der Waals surface area contributed by atoms with Gasteiger partial charge in [-0.1, -0.05) is 6.07 Å². The summed E-state index contributed by atoms with van der Waals surface area (Å²) in [6.07, 6.45) is 1.10. The van der Waals surface area contributed by atoms with Crippen molar-refractivity contribution in [2.75, 3.05) is 47.0 Å². The van der Waals surface area contributed by atoms with Crippen molar-refractivity contribution in [1.82, 2.24) is 10.2 Å². The molecule has 0 spiro atoms. The molecule has 2 N–H and O–H groups in total. The first-order valence-corrected chi connectivity index (χ1v) is 7.07. The highest BCUT2D eigenvalue weighted by atomic mass is 16.5. The third kappa shape index (κ3) is 3.42.